The zero-order valence-corrected chi connectivity index (χ0v) is 16.4. The number of benzene rings is 2. The second-order valence-corrected chi connectivity index (χ2v) is 9.31. The maximum atomic E-state index is 13.4. The Morgan fingerprint density at radius 1 is 0.963 bits per heavy atom. The van der Waals surface area contributed by atoms with Crippen molar-refractivity contribution in [1.29, 1.82) is 0 Å². The standard InChI is InChI=1S/C20H22N2O4S/c1-13-5-4-6-17(14(13)2)22-19-12-27(24,25)11-18(19)21(20(22)23)15-7-9-16(26-3)10-8-15/h4-10,18-19H,11-12H2,1-3H3/t18-,19-/m1/s1. The topological polar surface area (TPSA) is 66.9 Å². The Morgan fingerprint density at radius 2 is 1.59 bits per heavy atom. The molecule has 0 aliphatic carbocycles. The highest BCUT2D eigenvalue weighted by molar-refractivity contribution is 7.91. The normalized spacial score (nSPS) is 23.6. The van der Waals surface area contributed by atoms with Crippen molar-refractivity contribution in [3.63, 3.8) is 0 Å². The van der Waals surface area contributed by atoms with Crippen LogP contribution in [0.1, 0.15) is 11.1 Å². The van der Waals surface area contributed by atoms with E-state index in [2.05, 4.69) is 0 Å². The van der Waals surface area contributed by atoms with Gasteiger partial charge in [-0.1, -0.05) is 12.1 Å². The maximum absolute atomic E-state index is 13.4. The number of sulfone groups is 1. The number of hydrogen-bond acceptors (Lipinski definition) is 4. The van der Waals surface area contributed by atoms with E-state index >= 15 is 0 Å². The van der Waals surface area contributed by atoms with Gasteiger partial charge in [-0.3, -0.25) is 9.80 Å². The Bertz CT molecular complexity index is 1000. The fourth-order valence-electron chi connectivity index (χ4n) is 4.03. The van der Waals surface area contributed by atoms with E-state index in [0.717, 1.165) is 16.8 Å². The van der Waals surface area contributed by atoms with E-state index in [0.29, 0.717) is 11.4 Å². The van der Waals surface area contributed by atoms with Crippen LogP contribution in [0.3, 0.4) is 0 Å². The molecule has 142 valence electrons. The van der Waals surface area contributed by atoms with E-state index in [4.69, 9.17) is 4.74 Å². The lowest BCUT2D eigenvalue weighted by Crippen LogP contribution is -2.38. The van der Waals surface area contributed by atoms with E-state index in [-0.39, 0.29) is 23.6 Å². The number of fused-ring (bicyclic) bond motifs is 1. The predicted molar refractivity (Wildman–Crippen MR) is 105 cm³/mol. The molecular weight excluding hydrogens is 364 g/mol. The summed E-state index contributed by atoms with van der Waals surface area (Å²) in [5.74, 6) is 0.660. The zero-order chi connectivity index (χ0) is 19.3. The first-order valence-electron chi connectivity index (χ1n) is 8.85. The van der Waals surface area contributed by atoms with Crippen molar-refractivity contribution in [3.05, 3.63) is 53.6 Å². The summed E-state index contributed by atoms with van der Waals surface area (Å²) in [7, 11) is -1.63. The smallest absolute Gasteiger partial charge is 0.329 e. The molecule has 0 N–H and O–H groups in total. The van der Waals surface area contributed by atoms with Gasteiger partial charge in [-0.25, -0.2) is 13.2 Å². The average Bonchev–Trinajstić information content (AvgIpc) is 3.06. The van der Waals surface area contributed by atoms with Crippen LogP contribution >= 0.6 is 0 Å². The molecule has 2 aromatic rings. The number of nitrogens with zero attached hydrogens (tertiary/aromatic N) is 2. The van der Waals surface area contributed by atoms with Crippen LogP contribution in [-0.2, 0) is 9.84 Å². The van der Waals surface area contributed by atoms with Gasteiger partial charge in [0.25, 0.3) is 0 Å². The van der Waals surface area contributed by atoms with Crippen LogP contribution < -0.4 is 14.5 Å². The SMILES string of the molecule is COc1ccc(N2C(=O)N(c3cccc(C)c3C)[C@@H]3CS(=O)(=O)C[C@H]32)cc1. The summed E-state index contributed by atoms with van der Waals surface area (Å²) >= 11 is 0. The summed E-state index contributed by atoms with van der Waals surface area (Å²) in [6.45, 7) is 3.95. The van der Waals surface area contributed by atoms with Gasteiger partial charge in [0.15, 0.2) is 9.84 Å². The number of carbonyl (C=O) groups excluding carboxylic acids is 1. The van der Waals surface area contributed by atoms with E-state index in [1.54, 1.807) is 41.2 Å². The van der Waals surface area contributed by atoms with Gasteiger partial charge in [0, 0.05) is 11.4 Å². The van der Waals surface area contributed by atoms with Gasteiger partial charge in [0.05, 0.1) is 30.7 Å². The van der Waals surface area contributed by atoms with Crippen molar-refractivity contribution in [2.75, 3.05) is 28.4 Å². The van der Waals surface area contributed by atoms with E-state index < -0.39 is 15.9 Å². The van der Waals surface area contributed by atoms with Crippen LogP contribution in [0.4, 0.5) is 16.2 Å². The van der Waals surface area contributed by atoms with E-state index in [9.17, 15) is 13.2 Å². The first-order valence-corrected chi connectivity index (χ1v) is 10.7. The number of amides is 2. The first-order chi connectivity index (χ1) is 12.8. The molecule has 0 unspecified atom stereocenters. The summed E-state index contributed by atoms with van der Waals surface area (Å²) < 4.78 is 29.9. The molecule has 2 heterocycles. The van der Waals surface area contributed by atoms with Crippen molar-refractivity contribution in [2.24, 2.45) is 0 Å². The number of hydrogen-bond donors (Lipinski definition) is 0. The van der Waals surface area contributed by atoms with Crippen LogP contribution in [0, 0.1) is 13.8 Å². The van der Waals surface area contributed by atoms with Crippen LogP contribution in [-0.4, -0.2) is 45.1 Å². The Balaban J connectivity index is 1.81. The van der Waals surface area contributed by atoms with Crippen molar-refractivity contribution < 1.29 is 17.9 Å². The van der Waals surface area contributed by atoms with E-state index in [1.165, 1.54) is 0 Å². The highest BCUT2D eigenvalue weighted by Gasteiger charge is 2.54. The molecule has 2 aliphatic heterocycles. The zero-order valence-electron chi connectivity index (χ0n) is 15.5. The van der Waals surface area contributed by atoms with Gasteiger partial charge >= 0.3 is 6.03 Å². The fourth-order valence-corrected chi connectivity index (χ4v) is 5.95. The van der Waals surface area contributed by atoms with Crippen molar-refractivity contribution in [2.45, 2.75) is 25.9 Å². The van der Waals surface area contributed by atoms with Crippen molar-refractivity contribution >= 4 is 27.2 Å². The lowest BCUT2D eigenvalue weighted by atomic mass is 10.1. The molecule has 2 aliphatic rings. The first kappa shape index (κ1) is 17.9. The third-order valence-electron chi connectivity index (χ3n) is 5.56. The van der Waals surface area contributed by atoms with Crippen LogP contribution in [0.15, 0.2) is 42.5 Å². The van der Waals surface area contributed by atoms with Gasteiger partial charge in [0.1, 0.15) is 5.75 Å². The molecule has 4 rings (SSSR count). The minimum atomic E-state index is -3.21. The minimum Gasteiger partial charge on any atom is -0.497 e. The Morgan fingerprint density at radius 3 is 2.22 bits per heavy atom. The Kier molecular flexibility index (Phi) is 4.14. The lowest BCUT2D eigenvalue weighted by Gasteiger charge is -2.24. The highest BCUT2D eigenvalue weighted by Crippen LogP contribution is 2.39. The Hall–Kier alpha value is -2.54. The van der Waals surface area contributed by atoms with Gasteiger partial charge in [-0.2, -0.15) is 0 Å². The van der Waals surface area contributed by atoms with Gasteiger partial charge in [0.2, 0.25) is 0 Å². The van der Waals surface area contributed by atoms with Gasteiger partial charge in [-0.15, -0.1) is 0 Å². The fraction of sp³-hybridized carbons (Fsp3) is 0.350. The molecule has 2 saturated heterocycles. The number of anilines is 2. The van der Waals surface area contributed by atoms with E-state index in [1.807, 2.05) is 32.0 Å². The summed E-state index contributed by atoms with van der Waals surface area (Å²) in [4.78, 5) is 16.7. The molecule has 0 aromatic heterocycles. The molecule has 2 fully saturated rings. The molecule has 2 aromatic carbocycles. The monoisotopic (exact) mass is 386 g/mol. The molecule has 27 heavy (non-hydrogen) atoms. The van der Waals surface area contributed by atoms with Gasteiger partial charge in [-0.05, 0) is 55.3 Å². The predicted octanol–water partition coefficient (Wildman–Crippen LogP) is 2.92. The molecule has 2 amide bonds. The molecule has 0 radical (unpaired) electrons. The minimum absolute atomic E-state index is 0.0105. The molecule has 6 nitrogen and oxygen atoms in total. The van der Waals surface area contributed by atoms with Crippen LogP contribution in [0.25, 0.3) is 0 Å². The summed E-state index contributed by atoms with van der Waals surface area (Å²) in [5, 5.41) is 0. The summed E-state index contributed by atoms with van der Waals surface area (Å²) in [6, 6.07) is 12.0. The largest absolute Gasteiger partial charge is 0.497 e. The third kappa shape index (κ3) is 2.86. The number of rotatable bonds is 3. The average molecular weight is 386 g/mol. The van der Waals surface area contributed by atoms with Gasteiger partial charge < -0.3 is 4.74 Å². The number of ether oxygens (including phenoxy) is 1. The molecule has 0 saturated carbocycles. The number of urea groups is 1. The molecular formula is C20H22N2O4S. The Labute approximate surface area is 159 Å². The quantitative estimate of drug-likeness (QED) is 0.761. The lowest BCUT2D eigenvalue weighted by molar-refractivity contribution is 0.255. The summed E-state index contributed by atoms with van der Waals surface area (Å²) in [5.41, 5.74) is 3.52. The molecule has 0 spiro atoms. The second-order valence-electron chi connectivity index (χ2n) is 7.15. The number of carbonyl (C=O) groups is 1. The maximum Gasteiger partial charge on any atom is 0.329 e. The van der Waals surface area contributed by atoms with Crippen LogP contribution in [0.5, 0.6) is 5.75 Å². The van der Waals surface area contributed by atoms with Crippen molar-refractivity contribution in [3.8, 4) is 5.75 Å². The number of methoxy groups -OCH3 is 1. The molecule has 7 heteroatoms. The number of aryl methyl sites for hydroxylation is 1. The second kappa shape index (κ2) is 6.27. The molecule has 0 bridgehead atoms. The van der Waals surface area contributed by atoms with Crippen molar-refractivity contribution in [1.82, 2.24) is 0 Å². The molecule has 2 atom stereocenters. The highest BCUT2D eigenvalue weighted by atomic mass is 32.2. The van der Waals surface area contributed by atoms with Crippen LogP contribution in [0.2, 0.25) is 0 Å². The third-order valence-corrected chi connectivity index (χ3v) is 7.25. The summed E-state index contributed by atoms with van der Waals surface area (Å²) in [6.07, 6.45) is 0.